The number of hydrazone groups is 1. The normalized spacial score (nSPS) is 12.1. The Morgan fingerprint density at radius 3 is 2.45 bits per heavy atom. The molecule has 0 heterocycles. The number of nitrogens with zero attached hydrogens (tertiary/aromatic N) is 1. The number of ether oxygens (including phenoxy) is 1. The van der Waals surface area contributed by atoms with Crippen LogP contribution in [0.25, 0.3) is 0 Å². The summed E-state index contributed by atoms with van der Waals surface area (Å²) in [6, 6.07) is 9.12. The van der Waals surface area contributed by atoms with Crippen molar-refractivity contribution in [1.29, 1.82) is 0 Å². The largest absolute Gasteiger partial charge is 0.496 e. The molecule has 0 aromatic heterocycles. The summed E-state index contributed by atoms with van der Waals surface area (Å²) < 4.78 is 5.94. The van der Waals surface area contributed by atoms with E-state index in [1.807, 2.05) is 13.8 Å². The van der Waals surface area contributed by atoms with Gasteiger partial charge in [0.1, 0.15) is 11.8 Å². The lowest BCUT2D eigenvalue weighted by Crippen LogP contribution is -2.48. The van der Waals surface area contributed by atoms with Gasteiger partial charge in [-0.1, -0.05) is 37.0 Å². The van der Waals surface area contributed by atoms with Crippen LogP contribution in [-0.2, 0) is 4.79 Å². The number of carbonyl (C=O) groups is 2. The van der Waals surface area contributed by atoms with Gasteiger partial charge in [0.2, 0.25) is 0 Å². The average molecular weight is 501 g/mol. The molecule has 0 bridgehead atoms. The molecule has 6 nitrogen and oxygen atoms in total. The summed E-state index contributed by atoms with van der Waals surface area (Å²) in [4.78, 5) is 25.0. The monoisotopic (exact) mass is 499 g/mol. The molecule has 29 heavy (non-hydrogen) atoms. The molecule has 2 aromatic carbocycles. The Bertz CT molecular complexity index is 935. The molecule has 0 saturated heterocycles. The Morgan fingerprint density at radius 1 is 1.14 bits per heavy atom. The second-order valence-corrected chi connectivity index (χ2v) is 8.12. The van der Waals surface area contributed by atoms with E-state index in [0.29, 0.717) is 16.3 Å². The van der Waals surface area contributed by atoms with E-state index in [1.54, 1.807) is 31.4 Å². The van der Waals surface area contributed by atoms with Crippen LogP contribution < -0.4 is 15.5 Å². The lowest BCUT2D eigenvalue weighted by molar-refractivity contribution is -0.123. The highest BCUT2D eigenvalue weighted by Gasteiger charge is 2.24. The van der Waals surface area contributed by atoms with Gasteiger partial charge in [0, 0.05) is 5.56 Å². The second kappa shape index (κ2) is 10.6. The van der Waals surface area contributed by atoms with Crippen molar-refractivity contribution in [1.82, 2.24) is 10.7 Å². The van der Waals surface area contributed by atoms with Crippen molar-refractivity contribution < 1.29 is 14.3 Å². The molecule has 0 saturated carbocycles. The topological polar surface area (TPSA) is 79.8 Å². The first-order valence-corrected chi connectivity index (χ1v) is 10.2. The van der Waals surface area contributed by atoms with Gasteiger partial charge >= 0.3 is 0 Å². The zero-order valence-corrected chi connectivity index (χ0v) is 19.1. The van der Waals surface area contributed by atoms with Crippen molar-refractivity contribution >= 4 is 57.2 Å². The SMILES string of the molecule is COc1ccc(C=NNC(=O)C(NC(=O)c2ccc(Cl)c(Cl)c2)C(C)C)cc1Br. The Balaban J connectivity index is 2.04. The Morgan fingerprint density at radius 2 is 1.86 bits per heavy atom. The van der Waals surface area contributed by atoms with Crippen LogP contribution >= 0.6 is 39.1 Å². The molecule has 0 fully saturated rings. The first-order chi connectivity index (χ1) is 13.7. The molecule has 1 atom stereocenters. The summed E-state index contributed by atoms with van der Waals surface area (Å²) in [5.41, 5.74) is 3.53. The van der Waals surface area contributed by atoms with Crippen molar-refractivity contribution in [2.24, 2.45) is 11.0 Å². The van der Waals surface area contributed by atoms with Crippen molar-refractivity contribution in [2.45, 2.75) is 19.9 Å². The van der Waals surface area contributed by atoms with Crippen LogP contribution in [0.1, 0.15) is 29.8 Å². The zero-order chi connectivity index (χ0) is 21.6. The standard InChI is InChI=1S/C20H20BrCl2N3O3/c1-11(2)18(25-19(27)13-5-6-15(22)16(23)9-13)20(28)26-24-10-12-4-7-17(29-3)14(21)8-12/h4-11,18H,1-3H3,(H,25,27)(H,26,28). The van der Waals surface area contributed by atoms with Gasteiger partial charge in [0.25, 0.3) is 11.8 Å². The predicted octanol–water partition coefficient (Wildman–Crippen LogP) is 4.67. The number of carbonyl (C=O) groups excluding carboxylic acids is 2. The van der Waals surface area contributed by atoms with E-state index >= 15 is 0 Å². The van der Waals surface area contributed by atoms with Crippen LogP contribution in [0.2, 0.25) is 10.0 Å². The third-order valence-electron chi connectivity index (χ3n) is 3.98. The molecule has 2 N–H and O–H groups in total. The van der Waals surface area contributed by atoms with Crippen molar-refractivity contribution in [3.8, 4) is 5.75 Å². The Kier molecular flexibility index (Phi) is 8.49. The maximum Gasteiger partial charge on any atom is 0.262 e. The van der Waals surface area contributed by atoms with Crippen LogP contribution in [-0.4, -0.2) is 31.2 Å². The van der Waals surface area contributed by atoms with E-state index in [9.17, 15) is 9.59 Å². The number of methoxy groups -OCH3 is 1. The maximum absolute atomic E-state index is 12.5. The van der Waals surface area contributed by atoms with Crippen molar-refractivity contribution in [2.75, 3.05) is 7.11 Å². The fraction of sp³-hybridized carbons (Fsp3) is 0.250. The van der Waals surface area contributed by atoms with Gasteiger partial charge in [0.15, 0.2) is 0 Å². The number of rotatable bonds is 7. The number of benzene rings is 2. The molecule has 0 radical (unpaired) electrons. The Labute approximate surface area is 187 Å². The summed E-state index contributed by atoms with van der Waals surface area (Å²) in [6.07, 6.45) is 1.50. The molecular formula is C20H20BrCl2N3O3. The van der Waals surface area contributed by atoms with E-state index in [-0.39, 0.29) is 10.9 Å². The summed E-state index contributed by atoms with van der Waals surface area (Å²) in [6.45, 7) is 3.65. The van der Waals surface area contributed by atoms with Crippen LogP contribution in [0, 0.1) is 5.92 Å². The van der Waals surface area contributed by atoms with Gasteiger partial charge in [0.05, 0.1) is 27.8 Å². The van der Waals surface area contributed by atoms with E-state index in [4.69, 9.17) is 27.9 Å². The molecule has 0 aliphatic carbocycles. The molecule has 9 heteroatoms. The molecule has 2 aromatic rings. The molecule has 0 aliphatic heterocycles. The fourth-order valence-electron chi connectivity index (χ4n) is 2.40. The van der Waals surface area contributed by atoms with Gasteiger partial charge in [-0.3, -0.25) is 9.59 Å². The molecular weight excluding hydrogens is 481 g/mol. The minimum absolute atomic E-state index is 0.160. The van der Waals surface area contributed by atoms with Crippen LogP contribution in [0.15, 0.2) is 46.0 Å². The fourth-order valence-corrected chi connectivity index (χ4v) is 3.26. The smallest absolute Gasteiger partial charge is 0.262 e. The average Bonchev–Trinajstić information content (AvgIpc) is 2.67. The summed E-state index contributed by atoms with van der Waals surface area (Å²) in [5.74, 6) is -0.333. The van der Waals surface area contributed by atoms with Crippen LogP contribution in [0.4, 0.5) is 0 Å². The highest BCUT2D eigenvalue weighted by molar-refractivity contribution is 9.10. The van der Waals surface area contributed by atoms with Gasteiger partial charge in [-0.05, 0) is 63.8 Å². The first kappa shape index (κ1) is 23.2. The minimum atomic E-state index is -0.781. The number of hydrogen-bond acceptors (Lipinski definition) is 4. The number of amides is 2. The minimum Gasteiger partial charge on any atom is -0.496 e. The maximum atomic E-state index is 12.5. The molecule has 1 unspecified atom stereocenters. The first-order valence-electron chi connectivity index (χ1n) is 8.65. The third kappa shape index (κ3) is 6.45. The summed E-state index contributed by atoms with van der Waals surface area (Å²) >= 11 is 15.2. The number of nitrogens with one attached hydrogen (secondary N) is 2. The summed E-state index contributed by atoms with van der Waals surface area (Å²) in [7, 11) is 1.58. The van der Waals surface area contributed by atoms with Crippen LogP contribution in [0.3, 0.4) is 0 Å². The van der Waals surface area contributed by atoms with E-state index < -0.39 is 17.9 Å². The van der Waals surface area contributed by atoms with Gasteiger partial charge in [-0.15, -0.1) is 0 Å². The molecule has 2 rings (SSSR count). The highest BCUT2D eigenvalue weighted by Crippen LogP contribution is 2.25. The van der Waals surface area contributed by atoms with E-state index in [0.717, 1.165) is 10.0 Å². The van der Waals surface area contributed by atoms with Gasteiger partial charge < -0.3 is 10.1 Å². The molecule has 154 valence electrons. The zero-order valence-electron chi connectivity index (χ0n) is 16.0. The molecule has 0 spiro atoms. The molecule has 2 amide bonds. The quantitative estimate of drug-likeness (QED) is 0.428. The lowest BCUT2D eigenvalue weighted by atomic mass is 10.0. The number of halogens is 3. The third-order valence-corrected chi connectivity index (χ3v) is 5.34. The van der Waals surface area contributed by atoms with Crippen molar-refractivity contribution in [3.63, 3.8) is 0 Å². The second-order valence-electron chi connectivity index (χ2n) is 6.45. The van der Waals surface area contributed by atoms with Crippen molar-refractivity contribution in [3.05, 3.63) is 62.0 Å². The van der Waals surface area contributed by atoms with Gasteiger partial charge in [-0.25, -0.2) is 5.43 Å². The van der Waals surface area contributed by atoms with Gasteiger partial charge in [-0.2, -0.15) is 5.10 Å². The molecule has 0 aliphatic rings. The predicted molar refractivity (Wildman–Crippen MR) is 119 cm³/mol. The highest BCUT2D eigenvalue weighted by atomic mass is 79.9. The summed E-state index contributed by atoms with van der Waals surface area (Å²) in [5, 5.41) is 7.28. The van der Waals surface area contributed by atoms with E-state index in [1.165, 1.54) is 18.3 Å². The Hall–Kier alpha value is -2.09. The van der Waals surface area contributed by atoms with E-state index in [2.05, 4.69) is 31.8 Å². The number of hydrogen-bond donors (Lipinski definition) is 2. The lowest BCUT2D eigenvalue weighted by Gasteiger charge is -2.20. The van der Waals surface area contributed by atoms with Crippen LogP contribution in [0.5, 0.6) is 5.75 Å².